The summed E-state index contributed by atoms with van der Waals surface area (Å²) < 4.78 is 0. The molecule has 1 aromatic carbocycles. The van der Waals surface area contributed by atoms with Gasteiger partial charge in [-0.15, -0.1) is 10.2 Å². The number of nitrogens with one attached hydrogen (secondary N) is 1. The van der Waals surface area contributed by atoms with E-state index in [9.17, 15) is 0 Å². The molecule has 2 aromatic heterocycles. The van der Waals surface area contributed by atoms with Gasteiger partial charge in [0.25, 0.3) is 0 Å². The molecule has 18 heavy (non-hydrogen) atoms. The lowest BCUT2D eigenvalue weighted by Crippen LogP contribution is -1.98. The molecule has 0 spiro atoms. The summed E-state index contributed by atoms with van der Waals surface area (Å²) in [5, 5.41) is 13.2. The molecule has 3 aromatic rings. The van der Waals surface area contributed by atoms with E-state index in [2.05, 4.69) is 20.5 Å². The third-order valence-electron chi connectivity index (χ3n) is 2.63. The second-order valence-electron chi connectivity index (χ2n) is 3.87. The Labute approximate surface area is 104 Å². The van der Waals surface area contributed by atoms with Crippen LogP contribution in [0.4, 0.5) is 17.3 Å². The molecule has 88 valence electrons. The van der Waals surface area contributed by atoms with Gasteiger partial charge in [0, 0.05) is 28.9 Å². The average Bonchev–Trinajstić information content (AvgIpc) is 2.42. The molecule has 0 aliphatic heterocycles. The number of anilines is 3. The maximum atomic E-state index is 5.50. The van der Waals surface area contributed by atoms with Crippen molar-refractivity contribution in [1.82, 2.24) is 15.2 Å². The zero-order valence-corrected chi connectivity index (χ0v) is 9.54. The topological polar surface area (TPSA) is 76.7 Å². The number of fused-ring (bicyclic) bond motifs is 1. The lowest BCUT2D eigenvalue weighted by molar-refractivity contribution is 1.05. The fraction of sp³-hybridized carbons (Fsp3) is 0. The van der Waals surface area contributed by atoms with E-state index in [0.717, 1.165) is 16.5 Å². The monoisotopic (exact) mass is 237 g/mol. The van der Waals surface area contributed by atoms with Gasteiger partial charge in [0.05, 0.1) is 0 Å². The largest absolute Gasteiger partial charge is 0.382 e. The predicted octanol–water partition coefficient (Wildman–Crippen LogP) is 2.35. The van der Waals surface area contributed by atoms with Crippen LogP contribution in [0.3, 0.4) is 0 Å². The quantitative estimate of drug-likeness (QED) is 0.715. The summed E-state index contributed by atoms with van der Waals surface area (Å²) in [6.07, 6.45) is 3.59. The van der Waals surface area contributed by atoms with E-state index in [4.69, 9.17) is 5.73 Å². The summed E-state index contributed by atoms with van der Waals surface area (Å²) in [6.45, 7) is 0. The summed E-state index contributed by atoms with van der Waals surface area (Å²) in [5.74, 6) is 1.07. The number of rotatable bonds is 2. The van der Waals surface area contributed by atoms with E-state index in [0.29, 0.717) is 11.6 Å². The number of aromatic nitrogens is 3. The minimum Gasteiger partial charge on any atom is -0.382 e. The number of nitrogen functional groups attached to an aromatic ring is 1. The fourth-order valence-electron chi connectivity index (χ4n) is 1.78. The summed E-state index contributed by atoms with van der Waals surface area (Å²) in [6, 6.07) is 11.4. The summed E-state index contributed by atoms with van der Waals surface area (Å²) >= 11 is 0. The molecule has 0 bridgehead atoms. The first-order chi connectivity index (χ1) is 8.83. The second-order valence-corrected chi connectivity index (χ2v) is 3.87. The van der Waals surface area contributed by atoms with Crippen molar-refractivity contribution in [3.8, 4) is 0 Å². The van der Waals surface area contributed by atoms with Crippen molar-refractivity contribution in [1.29, 1.82) is 0 Å². The van der Waals surface area contributed by atoms with Gasteiger partial charge in [-0.1, -0.05) is 12.1 Å². The number of nitrogens with zero attached hydrogens (tertiary/aromatic N) is 3. The number of benzene rings is 1. The zero-order valence-electron chi connectivity index (χ0n) is 9.54. The molecule has 0 saturated heterocycles. The molecule has 0 aliphatic carbocycles. The molecule has 2 heterocycles. The van der Waals surface area contributed by atoms with Gasteiger partial charge in [0.1, 0.15) is 5.82 Å². The van der Waals surface area contributed by atoms with Crippen molar-refractivity contribution in [2.75, 3.05) is 11.1 Å². The zero-order chi connectivity index (χ0) is 12.4. The molecule has 0 aliphatic rings. The predicted molar refractivity (Wildman–Crippen MR) is 71.5 cm³/mol. The normalized spacial score (nSPS) is 10.4. The highest BCUT2D eigenvalue weighted by Gasteiger charge is 2.01. The van der Waals surface area contributed by atoms with Crippen molar-refractivity contribution >= 4 is 28.1 Å². The van der Waals surface area contributed by atoms with Crippen LogP contribution in [0.25, 0.3) is 10.8 Å². The average molecular weight is 237 g/mol. The van der Waals surface area contributed by atoms with Crippen LogP contribution in [0.5, 0.6) is 0 Å². The molecule has 0 radical (unpaired) electrons. The van der Waals surface area contributed by atoms with Crippen molar-refractivity contribution in [2.45, 2.75) is 0 Å². The highest BCUT2D eigenvalue weighted by molar-refractivity contribution is 5.94. The molecular formula is C13H11N5. The summed E-state index contributed by atoms with van der Waals surface area (Å²) in [7, 11) is 0. The molecule has 0 amide bonds. The maximum Gasteiger partial charge on any atom is 0.153 e. The van der Waals surface area contributed by atoms with E-state index >= 15 is 0 Å². The van der Waals surface area contributed by atoms with Crippen molar-refractivity contribution < 1.29 is 0 Å². The van der Waals surface area contributed by atoms with Gasteiger partial charge < -0.3 is 11.1 Å². The van der Waals surface area contributed by atoms with Crippen LogP contribution in [0.2, 0.25) is 0 Å². The van der Waals surface area contributed by atoms with Crippen LogP contribution < -0.4 is 11.1 Å². The Morgan fingerprint density at radius 1 is 1.00 bits per heavy atom. The number of hydrogen-bond donors (Lipinski definition) is 2. The maximum absolute atomic E-state index is 5.50. The van der Waals surface area contributed by atoms with Crippen LogP contribution in [0, 0.1) is 0 Å². The first kappa shape index (κ1) is 10.5. The summed E-state index contributed by atoms with van der Waals surface area (Å²) in [4.78, 5) is 4.10. The first-order valence-corrected chi connectivity index (χ1v) is 5.52. The lowest BCUT2D eigenvalue weighted by atomic mass is 10.1. The van der Waals surface area contributed by atoms with E-state index < -0.39 is 0 Å². The van der Waals surface area contributed by atoms with Gasteiger partial charge in [0.15, 0.2) is 5.82 Å². The Bertz CT molecular complexity index is 673. The second kappa shape index (κ2) is 4.29. The van der Waals surface area contributed by atoms with Gasteiger partial charge in [-0.25, -0.2) is 0 Å². The smallest absolute Gasteiger partial charge is 0.153 e. The standard InChI is InChI=1S/C13H11N5/c14-12-4-5-13(18-17-12)16-11-3-1-2-9-8-15-7-6-10(9)11/h1-8H,(H2,14,17)(H,16,18). The van der Waals surface area contributed by atoms with E-state index in [1.807, 2.05) is 30.5 Å². The van der Waals surface area contributed by atoms with Crippen LogP contribution in [0.1, 0.15) is 0 Å². The Morgan fingerprint density at radius 2 is 1.94 bits per heavy atom. The van der Waals surface area contributed by atoms with Crippen molar-refractivity contribution in [3.05, 3.63) is 48.8 Å². The summed E-state index contributed by atoms with van der Waals surface area (Å²) in [5.41, 5.74) is 6.47. The SMILES string of the molecule is Nc1ccc(Nc2cccc3cnccc23)nn1. The number of nitrogens with two attached hydrogens (primary N) is 1. The minimum atomic E-state index is 0.405. The van der Waals surface area contributed by atoms with Gasteiger partial charge >= 0.3 is 0 Å². The number of hydrogen-bond acceptors (Lipinski definition) is 5. The molecular weight excluding hydrogens is 226 g/mol. The first-order valence-electron chi connectivity index (χ1n) is 5.52. The van der Waals surface area contributed by atoms with E-state index in [1.165, 1.54) is 0 Å². The van der Waals surface area contributed by atoms with Crippen LogP contribution in [-0.4, -0.2) is 15.2 Å². The highest BCUT2D eigenvalue weighted by atomic mass is 15.2. The third kappa shape index (κ3) is 1.93. The Hall–Kier alpha value is -2.69. The molecule has 0 fully saturated rings. The van der Waals surface area contributed by atoms with Gasteiger partial charge in [-0.2, -0.15) is 0 Å². The van der Waals surface area contributed by atoms with Crippen molar-refractivity contribution in [3.63, 3.8) is 0 Å². The molecule has 3 N–H and O–H groups in total. The Kier molecular flexibility index (Phi) is 2.49. The molecule has 0 saturated carbocycles. The minimum absolute atomic E-state index is 0.405. The molecule has 5 nitrogen and oxygen atoms in total. The van der Waals surface area contributed by atoms with Crippen LogP contribution >= 0.6 is 0 Å². The molecule has 3 rings (SSSR count). The van der Waals surface area contributed by atoms with Crippen LogP contribution in [-0.2, 0) is 0 Å². The van der Waals surface area contributed by atoms with Gasteiger partial charge in [-0.3, -0.25) is 4.98 Å². The Balaban J connectivity index is 2.02. The molecule has 5 heteroatoms. The Morgan fingerprint density at radius 3 is 2.78 bits per heavy atom. The van der Waals surface area contributed by atoms with Crippen molar-refractivity contribution in [2.24, 2.45) is 0 Å². The molecule has 0 unspecified atom stereocenters. The highest BCUT2D eigenvalue weighted by Crippen LogP contribution is 2.24. The van der Waals surface area contributed by atoms with E-state index in [-0.39, 0.29) is 0 Å². The third-order valence-corrected chi connectivity index (χ3v) is 2.63. The fourth-order valence-corrected chi connectivity index (χ4v) is 1.78. The van der Waals surface area contributed by atoms with Crippen LogP contribution in [0.15, 0.2) is 48.8 Å². The molecule has 0 atom stereocenters. The van der Waals surface area contributed by atoms with Gasteiger partial charge in [0.2, 0.25) is 0 Å². The lowest BCUT2D eigenvalue weighted by Gasteiger charge is -2.08. The van der Waals surface area contributed by atoms with E-state index in [1.54, 1.807) is 18.3 Å². The van der Waals surface area contributed by atoms with Gasteiger partial charge in [-0.05, 0) is 24.3 Å². The number of pyridine rings is 1.